The number of benzene rings is 2. The van der Waals surface area contributed by atoms with Crippen LogP contribution in [0.25, 0.3) is 5.69 Å². The summed E-state index contributed by atoms with van der Waals surface area (Å²) in [5.74, 6) is -0.167. The van der Waals surface area contributed by atoms with Crippen molar-refractivity contribution in [3.05, 3.63) is 82.4 Å². The van der Waals surface area contributed by atoms with Gasteiger partial charge in [0.05, 0.1) is 16.9 Å². The lowest BCUT2D eigenvalue weighted by molar-refractivity contribution is 0.0930. The Hall–Kier alpha value is -2.70. The maximum absolute atomic E-state index is 13.2. The number of amides is 1. The molecule has 0 radical (unpaired) electrons. The summed E-state index contributed by atoms with van der Waals surface area (Å²) in [7, 11) is 0. The SMILES string of the molecule is Cc1nn(-c2ccc(F)cc2)c(Cl)c1C(=O)NCC1CCCN(Cc2ccccc2)C1. The number of nitrogens with zero attached hydrogens (tertiary/aromatic N) is 3. The van der Waals surface area contributed by atoms with Crippen molar-refractivity contribution in [2.75, 3.05) is 19.6 Å². The number of aromatic nitrogens is 2. The molecule has 1 aliphatic heterocycles. The van der Waals surface area contributed by atoms with E-state index in [1.807, 2.05) is 6.07 Å². The third kappa shape index (κ3) is 5.14. The quantitative estimate of drug-likeness (QED) is 0.608. The standard InChI is InChI=1S/C24H26ClFN4O/c1-17-22(23(25)30(28-17)21-11-9-20(26)10-12-21)24(31)27-14-19-8-5-13-29(16-19)15-18-6-3-2-4-7-18/h2-4,6-7,9-12,19H,5,8,13-16H2,1H3,(H,27,31). The van der Waals surface area contributed by atoms with E-state index in [2.05, 4.69) is 39.6 Å². The van der Waals surface area contributed by atoms with Crippen molar-refractivity contribution < 1.29 is 9.18 Å². The Kier molecular flexibility index (Phi) is 6.68. The first-order valence-corrected chi connectivity index (χ1v) is 10.9. The summed E-state index contributed by atoms with van der Waals surface area (Å²) in [4.78, 5) is 15.3. The molecule has 31 heavy (non-hydrogen) atoms. The number of halogens is 2. The minimum absolute atomic E-state index is 0.226. The summed E-state index contributed by atoms with van der Waals surface area (Å²) in [5.41, 5.74) is 2.82. The highest BCUT2D eigenvalue weighted by Crippen LogP contribution is 2.24. The molecule has 0 aliphatic carbocycles. The molecule has 3 aromatic rings. The largest absolute Gasteiger partial charge is 0.352 e. The van der Waals surface area contributed by atoms with Gasteiger partial charge in [0.25, 0.3) is 5.91 Å². The van der Waals surface area contributed by atoms with E-state index in [0.29, 0.717) is 29.4 Å². The van der Waals surface area contributed by atoms with Crippen LogP contribution >= 0.6 is 11.6 Å². The van der Waals surface area contributed by atoms with Crippen LogP contribution in [0.1, 0.15) is 34.5 Å². The fourth-order valence-corrected chi connectivity index (χ4v) is 4.50. The van der Waals surface area contributed by atoms with Gasteiger partial charge in [-0.05, 0) is 62.1 Å². The van der Waals surface area contributed by atoms with Gasteiger partial charge in [-0.2, -0.15) is 5.10 Å². The van der Waals surface area contributed by atoms with E-state index in [9.17, 15) is 9.18 Å². The first kappa shape index (κ1) is 21.5. The molecule has 162 valence electrons. The van der Waals surface area contributed by atoms with E-state index < -0.39 is 0 Å². The van der Waals surface area contributed by atoms with Crippen molar-refractivity contribution in [3.8, 4) is 5.69 Å². The van der Waals surface area contributed by atoms with Crippen molar-refractivity contribution in [2.24, 2.45) is 5.92 Å². The highest BCUT2D eigenvalue weighted by atomic mass is 35.5. The molecule has 0 spiro atoms. The Balaban J connectivity index is 1.38. The maximum atomic E-state index is 13.2. The fourth-order valence-electron chi connectivity index (χ4n) is 4.14. The van der Waals surface area contributed by atoms with E-state index >= 15 is 0 Å². The molecule has 1 N–H and O–H groups in total. The Bertz CT molecular complexity index is 1040. The average Bonchev–Trinajstić information content (AvgIpc) is 3.07. The van der Waals surface area contributed by atoms with E-state index in [0.717, 1.165) is 32.5 Å². The first-order chi connectivity index (χ1) is 15.0. The molecular weight excluding hydrogens is 415 g/mol. The second-order valence-corrected chi connectivity index (χ2v) is 8.44. The lowest BCUT2D eigenvalue weighted by atomic mass is 9.97. The Morgan fingerprint density at radius 3 is 2.68 bits per heavy atom. The average molecular weight is 441 g/mol. The number of rotatable bonds is 6. The lowest BCUT2D eigenvalue weighted by Crippen LogP contribution is -2.40. The molecule has 1 fully saturated rings. The number of carbonyl (C=O) groups excluding carboxylic acids is 1. The molecular formula is C24H26ClFN4O. The van der Waals surface area contributed by atoms with Crippen LogP contribution in [0.2, 0.25) is 5.15 Å². The summed E-state index contributed by atoms with van der Waals surface area (Å²) >= 11 is 6.47. The minimum Gasteiger partial charge on any atom is -0.352 e. The summed E-state index contributed by atoms with van der Waals surface area (Å²) in [6, 6.07) is 16.3. The normalized spacial score (nSPS) is 16.9. The molecule has 4 rings (SSSR count). The van der Waals surface area contributed by atoms with E-state index in [-0.39, 0.29) is 16.9 Å². The zero-order valence-corrected chi connectivity index (χ0v) is 18.3. The van der Waals surface area contributed by atoms with Crippen LogP contribution in [0.15, 0.2) is 54.6 Å². The van der Waals surface area contributed by atoms with Crippen LogP contribution in [-0.4, -0.2) is 40.2 Å². The van der Waals surface area contributed by atoms with Crippen molar-refractivity contribution >= 4 is 17.5 Å². The highest BCUT2D eigenvalue weighted by Gasteiger charge is 2.24. The number of hydrogen-bond acceptors (Lipinski definition) is 3. The van der Waals surface area contributed by atoms with Crippen LogP contribution in [0, 0.1) is 18.7 Å². The van der Waals surface area contributed by atoms with Gasteiger partial charge >= 0.3 is 0 Å². The van der Waals surface area contributed by atoms with Gasteiger partial charge in [-0.15, -0.1) is 0 Å². The number of piperidine rings is 1. The maximum Gasteiger partial charge on any atom is 0.256 e. The Labute approximate surface area is 186 Å². The Morgan fingerprint density at radius 2 is 1.94 bits per heavy atom. The summed E-state index contributed by atoms with van der Waals surface area (Å²) in [5, 5.41) is 7.66. The molecule has 7 heteroatoms. The van der Waals surface area contributed by atoms with Crippen molar-refractivity contribution in [1.82, 2.24) is 20.0 Å². The van der Waals surface area contributed by atoms with Gasteiger partial charge in [0.15, 0.2) is 0 Å². The van der Waals surface area contributed by atoms with Gasteiger partial charge in [0.1, 0.15) is 11.0 Å². The van der Waals surface area contributed by atoms with Crippen molar-refractivity contribution in [1.29, 1.82) is 0 Å². The van der Waals surface area contributed by atoms with Gasteiger partial charge in [-0.25, -0.2) is 9.07 Å². The van der Waals surface area contributed by atoms with Gasteiger partial charge < -0.3 is 5.32 Å². The van der Waals surface area contributed by atoms with Gasteiger partial charge in [0.2, 0.25) is 0 Å². The number of nitrogens with one attached hydrogen (secondary N) is 1. The number of likely N-dealkylation sites (tertiary alicyclic amines) is 1. The van der Waals surface area contributed by atoms with Crippen molar-refractivity contribution in [2.45, 2.75) is 26.3 Å². The second kappa shape index (κ2) is 9.62. The summed E-state index contributed by atoms with van der Waals surface area (Å²) < 4.78 is 14.7. The van der Waals surface area contributed by atoms with E-state index in [1.165, 1.54) is 22.4 Å². The van der Waals surface area contributed by atoms with E-state index in [1.54, 1.807) is 19.1 Å². The summed E-state index contributed by atoms with van der Waals surface area (Å²) in [6.07, 6.45) is 2.21. The molecule has 0 saturated carbocycles. The van der Waals surface area contributed by atoms with Gasteiger partial charge in [0, 0.05) is 19.6 Å². The Morgan fingerprint density at radius 1 is 1.19 bits per heavy atom. The van der Waals surface area contributed by atoms with E-state index in [4.69, 9.17) is 11.6 Å². The van der Waals surface area contributed by atoms with Crippen molar-refractivity contribution in [3.63, 3.8) is 0 Å². The summed E-state index contributed by atoms with van der Waals surface area (Å²) in [6.45, 7) is 5.32. The molecule has 1 aliphatic rings. The molecule has 1 unspecified atom stereocenters. The molecule has 5 nitrogen and oxygen atoms in total. The topological polar surface area (TPSA) is 50.2 Å². The zero-order valence-electron chi connectivity index (χ0n) is 17.5. The van der Waals surface area contributed by atoms with Gasteiger partial charge in [-0.3, -0.25) is 9.69 Å². The predicted octanol–water partition coefficient (Wildman–Crippen LogP) is 4.62. The molecule has 1 saturated heterocycles. The molecule has 2 heterocycles. The number of aryl methyl sites for hydroxylation is 1. The second-order valence-electron chi connectivity index (χ2n) is 8.08. The number of hydrogen-bond donors (Lipinski definition) is 1. The molecule has 2 aromatic carbocycles. The van der Waals surface area contributed by atoms with Crippen LogP contribution in [0.4, 0.5) is 4.39 Å². The smallest absolute Gasteiger partial charge is 0.256 e. The lowest BCUT2D eigenvalue weighted by Gasteiger charge is -2.32. The third-order valence-corrected chi connectivity index (χ3v) is 6.05. The molecule has 1 atom stereocenters. The van der Waals surface area contributed by atoms with Crippen LogP contribution in [0.5, 0.6) is 0 Å². The molecule has 0 bridgehead atoms. The first-order valence-electron chi connectivity index (χ1n) is 10.6. The predicted molar refractivity (Wildman–Crippen MR) is 120 cm³/mol. The minimum atomic E-state index is -0.337. The monoisotopic (exact) mass is 440 g/mol. The zero-order chi connectivity index (χ0) is 21.8. The van der Waals surface area contributed by atoms with Gasteiger partial charge in [-0.1, -0.05) is 41.9 Å². The third-order valence-electron chi connectivity index (χ3n) is 5.71. The number of carbonyl (C=O) groups is 1. The van der Waals surface area contributed by atoms with Crippen LogP contribution < -0.4 is 5.32 Å². The fraction of sp³-hybridized carbons (Fsp3) is 0.333. The molecule has 1 aromatic heterocycles. The highest BCUT2D eigenvalue weighted by molar-refractivity contribution is 6.33. The van der Waals surface area contributed by atoms with Crippen LogP contribution in [0.3, 0.4) is 0 Å². The molecule has 1 amide bonds. The van der Waals surface area contributed by atoms with Crippen LogP contribution in [-0.2, 0) is 6.54 Å².